The Morgan fingerprint density at radius 3 is 2.02 bits per heavy atom. The Labute approximate surface area is 247 Å². The average Bonchev–Trinajstić information content (AvgIpc) is 3.46. The van der Waals surface area contributed by atoms with Gasteiger partial charge in [-0.15, -0.1) is 0 Å². The number of rotatable bonds is 3. The molecule has 3 nitrogen and oxygen atoms in total. The number of fused-ring (bicyclic) bond motifs is 8. The van der Waals surface area contributed by atoms with Gasteiger partial charge in [0.1, 0.15) is 11.2 Å². The van der Waals surface area contributed by atoms with E-state index >= 15 is 0 Å². The van der Waals surface area contributed by atoms with Crippen LogP contribution in [-0.2, 0) is 0 Å². The standard InChI is InChI=1S/C40H24N2O/c1-3-9-25(10-4-1)35-23-29-16-15-27(21-30(29)24-41-35)28-17-19-36-33(22-28)39-37(43-36)20-18-32-38(39)31-13-7-8-14-34(31)42-40(32)26-11-5-2-6-12-26/h1-24H. The molecule has 0 aliphatic heterocycles. The summed E-state index contributed by atoms with van der Waals surface area (Å²) in [7, 11) is 0. The molecule has 0 spiro atoms. The van der Waals surface area contributed by atoms with Crippen molar-refractivity contribution in [3.8, 4) is 33.6 Å². The first kappa shape index (κ1) is 23.9. The van der Waals surface area contributed by atoms with E-state index in [2.05, 4.69) is 115 Å². The van der Waals surface area contributed by atoms with Crippen LogP contribution in [-0.4, -0.2) is 9.97 Å². The fourth-order valence-corrected chi connectivity index (χ4v) is 6.39. The molecule has 200 valence electrons. The summed E-state index contributed by atoms with van der Waals surface area (Å²) in [6.45, 7) is 0. The first-order valence-corrected chi connectivity index (χ1v) is 14.5. The maximum Gasteiger partial charge on any atom is 0.136 e. The topological polar surface area (TPSA) is 38.9 Å². The van der Waals surface area contributed by atoms with Crippen molar-refractivity contribution in [1.29, 1.82) is 0 Å². The van der Waals surface area contributed by atoms with Crippen molar-refractivity contribution in [2.45, 2.75) is 0 Å². The number of furan rings is 1. The van der Waals surface area contributed by atoms with E-state index in [1.807, 2.05) is 30.5 Å². The normalized spacial score (nSPS) is 11.7. The Balaban J connectivity index is 1.26. The zero-order valence-corrected chi connectivity index (χ0v) is 23.2. The van der Waals surface area contributed by atoms with E-state index in [0.717, 1.165) is 77.3 Å². The van der Waals surface area contributed by atoms with Gasteiger partial charge in [-0.2, -0.15) is 0 Å². The Kier molecular flexibility index (Phi) is 5.20. The molecular weight excluding hydrogens is 524 g/mol. The summed E-state index contributed by atoms with van der Waals surface area (Å²) in [4.78, 5) is 9.90. The molecule has 6 aromatic carbocycles. The summed E-state index contributed by atoms with van der Waals surface area (Å²) < 4.78 is 6.44. The number of nitrogens with zero attached hydrogens (tertiary/aromatic N) is 2. The van der Waals surface area contributed by atoms with Crippen molar-refractivity contribution in [2.24, 2.45) is 0 Å². The quantitative estimate of drug-likeness (QED) is 0.206. The highest BCUT2D eigenvalue weighted by Gasteiger charge is 2.18. The van der Waals surface area contributed by atoms with Crippen molar-refractivity contribution in [1.82, 2.24) is 9.97 Å². The fourth-order valence-electron chi connectivity index (χ4n) is 6.39. The average molecular weight is 549 g/mol. The minimum Gasteiger partial charge on any atom is -0.456 e. The van der Waals surface area contributed by atoms with Gasteiger partial charge >= 0.3 is 0 Å². The second kappa shape index (κ2) is 9.37. The lowest BCUT2D eigenvalue weighted by Gasteiger charge is -2.11. The zero-order chi connectivity index (χ0) is 28.3. The van der Waals surface area contributed by atoms with Gasteiger partial charge in [-0.1, -0.05) is 97.1 Å². The number of para-hydroxylation sites is 1. The molecule has 0 fully saturated rings. The van der Waals surface area contributed by atoms with Gasteiger partial charge in [-0.3, -0.25) is 4.98 Å². The third kappa shape index (κ3) is 3.83. The van der Waals surface area contributed by atoms with Gasteiger partial charge in [0.05, 0.1) is 16.9 Å². The van der Waals surface area contributed by atoms with Gasteiger partial charge in [-0.25, -0.2) is 4.98 Å². The molecule has 0 aliphatic carbocycles. The number of pyridine rings is 2. The lowest BCUT2D eigenvalue weighted by atomic mass is 9.95. The van der Waals surface area contributed by atoms with Crippen LogP contribution in [0.4, 0.5) is 0 Å². The van der Waals surface area contributed by atoms with Gasteiger partial charge in [0.15, 0.2) is 0 Å². The van der Waals surface area contributed by atoms with Crippen LogP contribution >= 0.6 is 0 Å². The van der Waals surface area contributed by atoms with Crippen LogP contribution in [0, 0.1) is 0 Å². The number of hydrogen-bond acceptors (Lipinski definition) is 3. The molecule has 0 atom stereocenters. The molecule has 0 saturated carbocycles. The third-order valence-corrected chi connectivity index (χ3v) is 8.47. The summed E-state index contributed by atoms with van der Waals surface area (Å²) >= 11 is 0. The van der Waals surface area contributed by atoms with Crippen LogP contribution in [0.1, 0.15) is 0 Å². The van der Waals surface area contributed by atoms with E-state index in [4.69, 9.17) is 14.4 Å². The highest BCUT2D eigenvalue weighted by molar-refractivity contribution is 6.28. The van der Waals surface area contributed by atoms with Crippen molar-refractivity contribution >= 4 is 54.4 Å². The highest BCUT2D eigenvalue weighted by atomic mass is 16.3. The van der Waals surface area contributed by atoms with E-state index in [0.29, 0.717) is 0 Å². The SMILES string of the molecule is c1ccc(-c2cc3ccc(-c4ccc5oc6ccc7c(-c8ccccc8)nc8ccccc8c7c6c5c4)cc3cn2)cc1. The molecule has 0 unspecified atom stereocenters. The predicted octanol–water partition coefficient (Wildman–Crippen LogP) is 10.8. The minimum absolute atomic E-state index is 0.878. The number of benzene rings is 6. The van der Waals surface area contributed by atoms with Crippen molar-refractivity contribution in [3.05, 3.63) is 146 Å². The van der Waals surface area contributed by atoms with Crippen LogP contribution in [0.25, 0.3) is 88.0 Å². The monoisotopic (exact) mass is 548 g/mol. The summed E-state index contributed by atoms with van der Waals surface area (Å²) in [5, 5.41) is 7.94. The molecule has 3 heterocycles. The molecule has 0 saturated heterocycles. The summed E-state index contributed by atoms with van der Waals surface area (Å²) in [6, 6.07) is 48.7. The van der Waals surface area contributed by atoms with E-state index in [1.165, 1.54) is 10.8 Å². The fraction of sp³-hybridized carbons (Fsp3) is 0. The van der Waals surface area contributed by atoms with E-state index in [-0.39, 0.29) is 0 Å². The first-order valence-electron chi connectivity index (χ1n) is 14.5. The number of aromatic nitrogens is 2. The Morgan fingerprint density at radius 1 is 0.442 bits per heavy atom. The second-order valence-corrected chi connectivity index (χ2v) is 11.0. The highest BCUT2D eigenvalue weighted by Crippen LogP contribution is 2.42. The maximum absolute atomic E-state index is 6.44. The summed E-state index contributed by atoms with van der Waals surface area (Å²) in [6.07, 6.45) is 1.98. The van der Waals surface area contributed by atoms with Crippen molar-refractivity contribution < 1.29 is 4.42 Å². The van der Waals surface area contributed by atoms with E-state index in [1.54, 1.807) is 0 Å². The predicted molar refractivity (Wildman–Crippen MR) is 178 cm³/mol. The van der Waals surface area contributed by atoms with E-state index < -0.39 is 0 Å². The molecule has 0 bridgehead atoms. The van der Waals surface area contributed by atoms with E-state index in [9.17, 15) is 0 Å². The van der Waals surface area contributed by atoms with Crippen LogP contribution < -0.4 is 0 Å². The van der Waals surface area contributed by atoms with Gasteiger partial charge in [0.25, 0.3) is 0 Å². The molecule has 3 heteroatoms. The number of hydrogen-bond donors (Lipinski definition) is 0. The Morgan fingerprint density at radius 2 is 1.16 bits per heavy atom. The molecule has 0 N–H and O–H groups in total. The molecule has 0 aliphatic rings. The molecule has 43 heavy (non-hydrogen) atoms. The molecule has 9 aromatic rings. The van der Waals surface area contributed by atoms with Crippen LogP contribution in [0.5, 0.6) is 0 Å². The Bertz CT molecular complexity index is 2500. The van der Waals surface area contributed by atoms with Crippen LogP contribution in [0.3, 0.4) is 0 Å². The van der Waals surface area contributed by atoms with Gasteiger partial charge in [-0.05, 0) is 59.0 Å². The molecule has 3 aromatic heterocycles. The molecule has 9 rings (SSSR count). The molecular formula is C40H24N2O. The largest absolute Gasteiger partial charge is 0.456 e. The third-order valence-electron chi connectivity index (χ3n) is 8.47. The first-order chi connectivity index (χ1) is 21.3. The Hall–Kier alpha value is -5.80. The van der Waals surface area contributed by atoms with Crippen LogP contribution in [0.15, 0.2) is 150 Å². The van der Waals surface area contributed by atoms with Crippen LogP contribution in [0.2, 0.25) is 0 Å². The molecule has 0 amide bonds. The van der Waals surface area contributed by atoms with Gasteiger partial charge < -0.3 is 4.42 Å². The molecule has 0 radical (unpaired) electrons. The van der Waals surface area contributed by atoms with Crippen molar-refractivity contribution in [3.63, 3.8) is 0 Å². The summed E-state index contributed by atoms with van der Waals surface area (Å²) in [5.41, 5.74) is 9.22. The van der Waals surface area contributed by atoms with Crippen molar-refractivity contribution in [2.75, 3.05) is 0 Å². The maximum atomic E-state index is 6.44. The second-order valence-electron chi connectivity index (χ2n) is 11.0. The lowest BCUT2D eigenvalue weighted by molar-refractivity contribution is 0.669. The zero-order valence-electron chi connectivity index (χ0n) is 23.2. The minimum atomic E-state index is 0.878. The smallest absolute Gasteiger partial charge is 0.136 e. The van der Waals surface area contributed by atoms with Gasteiger partial charge in [0, 0.05) is 49.6 Å². The lowest BCUT2D eigenvalue weighted by Crippen LogP contribution is -1.90. The summed E-state index contributed by atoms with van der Waals surface area (Å²) in [5.74, 6) is 0. The van der Waals surface area contributed by atoms with Gasteiger partial charge in [0.2, 0.25) is 0 Å².